The molecule has 23 heavy (non-hydrogen) atoms. The minimum atomic E-state index is -4.49. The number of nitrogens with zero attached hydrogens (tertiary/aromatic N) is 3. The number of carbonyl (C=O) groups is 1. The van der Waals surface area contributed by atoms with Crippen molar-refractivity contribution in [2.45, 2.75) is 12.7 Å². The first-order valence-corrected chi connectivity index (χ1v) is 6.88. The molecule has 0 atom stereocenters. The second-order valence-corrected chi connectivity index (χ2v) is 5.30. The van der Waals surface area contributed by atoms with E-state index in [0.29, 0.717) is 5.56 Å². The largest absolute Gasteiger partial charge is 0.417 e. The van der Waals surface area contributed by atoms with Crippen LogP contribution in [0.15, 0.2) is 36.7 Å². The van der Waals surface area contributed by atoms with Crippen LogP contribution in [-0.2, 0) is 12.7 Å². The van der Waals surface area contributed by atoms with Gasteiger partial charge in [0.1, 0.15) is 6.29 Å². The monoisotopic (exact) mass is 339 g/mol. The minimum Gasteiger partial charge on any atom is -0.298 e. The first kappa shape index (κ1) is 15.5. The molecule has 2 heterocycles. The van der Waals surface area contributed by atoms with E-state index in [9.17, 15) is 18.0 Å². The smallest absolute Gasteiger partial charge is 0.298 e. The van der Waals surface area contributed by atoms with Crippen LogP contribution in [0, 0.1) is 0 Å². The van der Waals surface area contributed by atoms with E-state index >= 15 is 0 Å². The van der Waals surface area contributed by atoms with Crippen molar-refractivity contribution < 1.29 is 18.0 Å². The van der Waals surface area contributed by atoms with Gasteiger partial charge in [0.2, 0.25) is 0 Å². The van der Waals surface area contributed by atoms with E-state index < -0.39 is 11.7 Å². The summed E-state index contributed by atoms with van der Waals surface area (Å²) in [4.78, 5) is 14.6. The maximum atomic E-state index is 12.6. The molecule has 1 aromatic carbocycles. The molecule has 0 unspecified atom stereocenters. The molecule has 4 nitrogen and oxygen atoms in total. The molecule has 118 valence electrons. The highest BCUT2D eigenvalue weighted by atomic mass is 35.5. The van der Waals surface area contributed by atoms with Crippen molar-refractivity contribution in [1.82, 2.24) is 14.8 Å². The summed E-state index contributed by atoms with van der Waals surface area (Å²) in [5, 5.41) is 4.83. The van der Waals surface area contributed by atoms with Crippen LogP contribution in [0.5, 0.6) is 0 Å². The zero-order valence-corrected chi connectivity index (χ0v) is 12.3. The number of aldehydes is 1. The summed E-state index contributed by atoms with van der Waals surface area (Å²) in [6.07, 6.45) is -1.44. The number of alkyl halides is 3. The summed E-state index contributed by atoms with van der Waals surface area (Å²) >= 11 is 5.90. The molecule has 0 saturated heterocycles. The molecule has 0 fully saturated rings. The Labute approximate surface area is 133 Å². The lowest BCUT2D eigenvalue weighted by Crippen LogP contribution is -2.09. The number of rotatable bonds is 3. The maximum Gasteiger partial charge on any atom is 0.417 e. The lowest BCUT2D eigenvalue weighted by atomic mass is 10.2. The van der Waals surface area contributed by atoms with Crippen LogP contribution in [0.25, 0.3) is 10.9 Å². The minimum absolute atomic E-state index is 0.0759. The normalized spacial score (nSPS) is 11.8. The van der Waals surface area contributed by atoms with Crippen LogP contribution in [0.4, 0.5) is 13.2 Å². The van der Waals surface area contributed by atoms with Crippen LogP contribution >= 0.6 is 11.6 Å². The molecule has 0 radical (unpaired) electrons. The van der Waals surface area contributed by atoms with Gasteiger partial charge in [-0.3, -0.25) is 14.5 Å². The van der Waals surface area contributed by atoms with Gasteiger partial charge in [-0.1, -0.05) is 11.6 Å². The Morgan fingerprint density at radius 1 is 1.22 bits per heavy atom. The molecule has 2 aromatic heterocycles. The van der Waals surface area contributed by atoms with Gasteiger partial charge in [0.05, 0.1) is 34.5 Å². The Hall–Kier alpha value is -2.41. The van der Waals surface area contributed by atoms with Gasteiger partial charge in [-0.2, -0.15) is 18.3 Å². The van der Waals surface area contributed by atoms with Crippen LogP contribution in [0.3, 0.4) is 0 Å². The van der Waals surface area contributed by atoms with E-state index in [0.717, 1.165) is 29.5 Å². The molecule has 0 spiro atoms. The molecular weight excluding hydrogens is 331 g/mol. The predicted molar refractivity (Wildman–Crippen MR) is 78.5 cm³/mol. The zero-order chi connectivity index (χ0) is 16.6. The van der Waals surface area contributed by atoms with E-state index in [1.807, 2.05) is 0 Å². The van der Waals surface area contributed by atoms with Crippen LogP contribution in [0.2, 0.25) is 5.02 Å². The van der Waals surface area contributed by atoms with Gasteiger partial charge in [-0.25, -0.2) is 0 Å². The van der Waals surface area contributed by atoms with E-state index in [1.54, 1.807) is 29.1 Å². The van der Waals surface area contributed by atoms with Crippen LogP contribution in [-0.4, -0.2) is 21.1 Å². The number of pyridine rings is 1. The average Bonchev–Trinajstić information content (AvgIpc) is 2.90. The van der Waals surface area contributed by atoms with Gasteiger partial charge >= 0.3 is 6.18 Å². The van der Waals surface area contributed by atoms with Crippen molar-refractivity contribution in [3.05, 3.63) is 58.5 Å². The predicted octanol–water partition coefficient (Wildman–Crippen LogP) is 3.96. The number of hydrogen-bond acceptors (Lipinski definition) is 3. The Bertz CT molecular complexity index is 889. The molecule has 0 bridgehead atoms. The molecule has 0 aliphatic carbocycles. The number of halogens is 4. The fraction of sp³-hybridized carbons (Fsp3) is 0.133. The molecule has 0 amide bonds. The number of carbonyl (C=O) groups excluding carboxylic acids is 1. The molecule has 3 aromatic rings. The molecule has 0 N–H and O–H groups in total. The second-order valence-electron chi connectivity index (χ2n) is 4.89. The third kappa shape index (κ3) is 3.05. The van der Waals surface area contributed by atoms with Crippen molar-refractivity contribution in [3.63, 3.8) is 0 Å². The fourth-order valence-corrected chi connectivity index (χ4v) is 2.41. The first-order valence-electron chi connectivity index (χ1n) is 6.51. The van der Waals surface area contributed by atoms with E-state index in [-0.39, 0.29) is 17.3 Å². The van der Waals surface area contributed by atoms with Crippen molar-refractivity contribution in [3.8, 4) is 0 Å². The summed E-state index contributed by atoms with van der Waals surface area (Å²) in [7, 11) is 0. The number of hydrogen-bond donors (Lipinski definition) is 0. The lowest BCUT2D eigenvalue weighted by molar-refractivity contribution is -0.137. The highest BCUT2D eigenvalue weighted by Crippen LogP contribution is 2.31. The van der Waals surface area contributed by atoms with Crippen LogP contribution < -0.4 is 0 Å². The number of aromatic nitrogens is 3. The van der Waals surface area contributed by atoms with Gasteiger partial charge in [-0.15, -0.1) is 0 Å². The van der Waals surface area contributed by atoms with Gasteiger partial charge in [0.15, 0.2) is 0 Å². The topological polar surface area (TPSA) is 47.8 Å². The third-order valence-corrected chi connectivity index (χ3v) is 3.67. The standard InChI is InChI=1S/C15H9ClF3N3O/c16-12-4-11(15(17,18)19)6-20-13(12)7-22-14-2-1-9(8-23)3-10(14)5-21-22/h1-6,8H,7H2. The summed E-state index contributed by atoms with van der Waals surface area (Å²) in [5.74, 6) is 0. The fourth-order valence-electron chi connectivity index (χ4n) is 2.18. The van der Waals surface area contributed by atoms with Crippen molar-refractivity contribution in [2.75, 3.05) is 0 Å². The van der Waals surface area contributed by atoms with Crippen molar-refractivity contribution >= 4 is 28.8 Å². The zero-order valence-electron chi connectivity index (χ0n) is 11.5. The van der Waals surface area contributed by atoms with Crippen molar-refractivity contribution in [2.24, 2.45) is 0 Å². The van der Waals surface area contributed by atoms with Crippen molar-refractivity contribution in [1.29, 1.82) is 0 Å². The van der Waals surface area contributed by atoms with E-state index in [4.69, 9.17) is 11.6 Å². The van der Waals surface area contributed by atoms with E-state index in [2.05, 4.69) is 10.1 Å². The Morgan fingerprint density at radius 2 is 2.00 bits per heavy atom. The summed E-state index contributed by atoms with van der Waals surface area (Å²) in [6, 6.07) is 5.87. The first-order chi connectivity index (χ1) is 10.9. The summed E-state index contributed by atoms with van der Waals surface area (Å²) in [6.45, 7) is 0.126. The quantitative estimate of drug-likeness (QED) is 0.678. The summed E-state index contributed by atoms with van der Waals surface area (Å²) < 4.78 is 39.4. The third-order valence-electron chi connectivity index (χ3n) is 3.35. The lowest BCUT2D eigenvalue weighted by Gasteiger charge is -2.09. The van der Waals surface area contributed by atoms with Gasteiger partial charge in [-0.05, 0) is 24.3 Å². The number of benzene rings is 1. The molecule has 0 aliphatic rings. The summed E-state index contributed by atoms with van der Waals surface area (Å²) in [5.41, 5.74) is 0.632. The SMILES string of the molecule is O=Cc1ccc2c(cnn2Cc2ncc(C(F)(F)F)cc2Cl)c1. The van der Waals surface area contributed by atoms with Gasteiger partial charge in [0.25, 0.3) is 0 Å². The Kier molecular flexibility index (Phi) is 3.81. The van der Waals surface area contributed by atoms with Crippen LogP contribution in [0.1, 0.15) is 21.6 Å². The highest BCUT2D eigenvalue weighted by molar-refractivity contribution is 6.31. The average molecular weight is 340 g/mol. The van der Waals surface area contributed by atoms with E-state index in [1.165, 1.54) is 0 Å². The van der Waals surface area contributed by atoms with Gasteiger partial charge < -0.3 is 0 Å². The highest BCUT2D eigenvalue weighted by Gasteiger charge is 2.31. The second kappa shape index (κ2) is 5.66. The molecule has 0 aliphatic heterocycles. The number of fused-ring (bicyclic) bond motifs is 1. The molecule has 0 saturated carbocycles. The molecule has 8 heteroatoms. The molecule has 3 rings (SSSR count). The molecular formula is C15H9ClF3N3O. The Balaban J connectivity index is 1.95. The van der Waals surface area contributed by atoms with Gasteiger partial charge in [0, 0.05) is 17.1 Å². The maximum absolute atomic E-state index is 12.6. The Morgan fingerprint density at radius 3 is 2.65 bits per heavy atom.